The van der Waals surface area contributed by atoms with E-state index in [0.717, 1.165) is 16.8 Å². The molecule has 0 aliphatic rings. The Morgan fingerprint density at radius 2 is 2.05 bits per heavy atom. The third-order valence-corrected chi connectivity index (χ3v) is 2.59. The fourth-order valence-electron chi connectivity index (χ4n) is 1.65. The second-order valence-corrected chi connectivity index (χ2v) is 3.84. The molecule has 0 saturated heterocycles. The van der Waals surface area contributed by atoms with Crippen molar-refractivity contribution in [3.63, 3.8) is 0 Å². The number of carbonyl (C=O) groups is 1. The van der Waals surface area contributed by atoms with Gasteiger partial charge in [-0.25, -0.2) is 13.5 Å². The number of benzene rings is 1. The molecule has 0 aliphatic heterocycles. The van der Waals surface area contributed by atoms with E-state index < -0.39 is 17.5 Å². The summed E-state index contributed by atoms with van der Waals surface area (Å²) in [4.78, 5) is 11.3. The summed E-state index contributed by atoms with van der Waals surface area (Å²) in [7, 11) is 1.44. The van der Waals surface area contributed by atoms with Gasteiger partial charge in [0.2, 0.25) is 0 Å². The van der Waals surface area contributed by atoms with Crippen LogP contribution < -0.4 is 11.1 Å². The van der Waals surface area contributed by atoms with Crippen molar-refractivity contribution in [3.8, 4) is 5.69 Å². The normalized spacial score (nSPS) is 10.5. The molecule has 0 fully saturated rings. The monoisotopic (exact) mass is 266 g/mol. The van der Waals surface area contributed by atoms with Crippen LogP contribution in [0.3, 0.4) is 0 Å². The Hall–Kier alpha value is -2.28. The summed E-state index contributed by atoms with van der Waals surface area (Å²) in [5.74, 6) is -2.00. The van der Waals surface area contributed by atoms with Crippen LogP contribution in [-0.2, 0) is 6.54 Å². The van der Waals surface area contributed by atoms with E-state index in [1.165, 1.54) is 19.3 Å². The molecule has 5 nitrogen and oxygen atoms in total. The van der Waals surface area contributed by atoms with Crippen LogP contribution in [0.1, 0.15) is 16.1 Å². The van der Waals surface area contributed by atoms with Crippen LogP contribution in [0.25, 0.3) is 5.69 Å². The predicted molar refractivity (Wildman–Crippen MR) is 64.8 cm³/mol. The lowest BCUT2D eigenvalue weighted by atomic mass is 10.2. The average Bonchev–Trinajstić information content (AvgIpc) is 2.86. The van der Waals surface area contributed by atoms with Gasteiger partial charge in [0.1, 0.15) is 5.69 Å². The zero-order valence-electron chi connectivity index (χ0n) is 10.2. The molecular formula is C12H12F2N4O. The maximum atomic E-state index is 13.8. The van der Waals surface area contributed by atoms with E-state index in [1.807, 2.05) is 0 Å². The molecule has 3 N–H and O–H groups in total. The summed E-state index contributed by atoms with van der Waals surface area (Å²) in [5, 5.41) is 6.20. The van der Waals surface area contributed by atoms with Crippen molar-refractivity contribution in [1.29, 1.82) is 0 Å². The zero-order valence-corrected chi connectivity index (χ0v) is 10.2. The minimum absolute atomic E-state index is 0.0384. The van der Waals surface area contributed by atoms with Gasteiger partial charge in [-0.05, 0) is 23.8 Å². The van der Waals surface area contributed by atoms with E-state index in [0.29, 0.717) is 5.56 Å². The molecule has 1 aromatic heterocycles. The quantitative estimate of drug-likeness (QED) is 0.869. The first-order valence-corrected chi connectivity index (χ1v) is 5.53. The van der Waals surface area contributed by atoms with Gasteiger partial charge in [0.15, 0.2) is 17.3 Å². The maximum absolute atomic E-state index is 13.8. The third-order valence-electron chi connectivity index (χ3n) is 2.59. The molecule has 0 atom stereocenters. The van der Waals surface area contributed by atoms with E-state index in [-0.39, 0.29) is 17.9 Å². The molecule has 1 heterocycles. The first kappa shape index (κ1) is 13.2. The highest BCUT2D eigenvalue weighted by Crippen LogP contribution is 2.19. The van der Waals surface area contributed by atoms with Gasteiger partial charge >= 0.3 is 0 Å². The molecule has 19 heavy (non-hydrogen) atoms. The van der Waals surface area contributed by atoms with Crippen molar-refractivity contribution < 1.29 is 13.6 Å². The summed E-state index contributed by atoms with van der Waals surface area (Å²) in [5.41, 5.74) is 5.41. The summed E-state index contributed by atoms with van der Waals surface area (Å²) in [6.45, 7) is 0.0384. The van der Waals surface area contributed by atoms with Crippen molar-refractivity contribution in [2.75, 3.05) is 7.05 Å². The molecule has 1 aromatic carbocycles. The van der Waals surface area contributed by atoms with Gasteiger partial charge in [0, 0.05) is 19.8 Å². The number of amides is 1. The lowest BCUT2D eigenvalue weighted by Gasteiger charge is -2.07. The first-order chi connectivity index (χ1) is 9.06. The molecule has 0 spiro atoms. The molecule has 1 amide bonds. The Morgan fingerprint density at radius 1 is 1.42 bits per heavy atom. The SMILES string of the molecule is CNC(=O)c1ccn(-c2c(F)cc(CN)cc2F)n1. The minimum atomic E-state index is -0.785. The highest BCUT2D eigenvalue weighted by atomic mass is 19.1. The number of aromatic nitrogens is 2. The lowest BCUT2D eigenvalue weighted by molar-refractivity contribution is 0.0957. The second-order valence-electron chi connectivity index (χ2n) is 3.84. The Bertz CT molecular complexity index is 601. The number of nitrogens with zero attached hydrogens (tertiary/aromatic N) is 2. The number of halogens is 2. The summed E-state index contributed by atoms with van der Waals surface area (Å²) < 4.78 is 28.6. The Balaban J connectivity index is 2.47. The first-order valence-electron chi connectivity index (χ1n) is 5.53. The van der Waals surface area contributed by atoms with Gasteiger partial charge < -0.3 is 11.1 Å². The van der Waals surface area contributed by atoms with Crippen molar-refractivity contribution in [2.45, 2.75) is 6.54 Å². The minimum Gasteiger partial charge on any atom is -0.354 e. The standard InChI is InChI=1S/C12H12F2N4O/c1-16-12(19)10-2-3-18(17-10)11-8(13)4-7(6-15)5-9(11)14/h2-5H,6,15H2,1H3,(H,16,19). The van der Waals surface area contributed by atoms with E-state index in [1.54, 1.807) is 0 Å². The largest absolute Gasteiger partial charge is 0.354 e. The van der Waals surface area contributed by atoms with Gasteiger partial charge in [0.25, 0.3) is 5.91 Å². The van der Waals surface area contributed by atoms with E-state index in [4.69, 9.17) is 5.73 Å². The average molecular weight is 266 g/mol. The van der Waals surface area contributed by atoms with E-state index in [2.05, 4.69) is 10.4 Å². The molecule has 2 aromatic rings. The van der Waals surface area contributed by atoms with Crippen molar-refractivity contribution >= 4 is 5.91 Å². The van der Waals surface area contributed by atoms with Crippen LogP contribution in [0.4, 0.5) is 8.78 Å². The van der Waals surface area contributed by atoms with E-state index >= 15 is 0 Å². The number of nitrogens with one attached hydrogen (secondary N) is 1. The summed E-state index contributed by atoms with van der Waals surface area (Å²) in [6, 6.07) is 3.65. The van der Waals surface area contributed by atoms with Gasteiger partial charge in [-0.1, -0.05) is 0 Å². The van der Waals surface area contributed by atoms with Crippen LogP contribution >= 0.6 is 0 Å². The fraction of sp³-hybridized carbons (Fsp3) is 0.167. The molecule has 0 bridgehead atoms. The number of carbonyl (C=O) groups excluding carboxylic acids is 1. The molecule has 100 valence electrons. The zero-order chi connectivity index (χ0) is 14.0. The topological polar surface area (TPSA) is 72.9 Å². The van der Waals surface area contributed by atoms with Gasteiger partial charge in [0.05, 0.1) is 0 Å². The maximum Gasteiger partial charge on any atom is 0.271 e. The molecular weight excluding hydrogens is 254 g/mol. The molecule has 0 radical (unpaired) electrons. The fourth-order valence-corrected chi connectivity index (χ4v) is 1.65. The Labute approximate surface area is 108 Å². The van der Waals surface area contributed by atoms with Crippen LogP contribution in [0.5, 0.6) is 0 Å². The Kier molecular flexibility index (Phi) is 3.57. The van der Waals surface area contributed by atoms with Crippen LogP contribution in [0.2, 0.25) is 0 Å². The molecule has 0 saturated carbocycles. The second kappa shape index (κ2) is 5.15. The molecule has 2 rings (SSSR count). The third kappa shape index (κ3) is 2.45. The molecule has 0 unspecified atom stereocenters. The van der Waals surface area contributed by atoms with Crippen LogP contribution in [-0.4, -0.2) is 22.7 Å². The van der Waals surface area contributed by atoms with Gasteiger partial charge in [-0.3, -0.25) is 4.79 Å². The number of hydrogen-bond acceptors (Lipinski definition) is 3. The Morgan fingerprint density at radius 3 is 2.58 bits per heavy atom. The van der Waals surface area contributed by atoms with Crippen LogP contribution in [0, 0.1) is 11.6 Å². The number of rotatable bonds is 3. The van der Waals surface area contributed by atoms with Gasteiger partial charge in [-0.15, -0.1) is 0 Å². The van der Waals surface area contributed by atoms with Crippen molar-refractivity contribution in [1.82, 2.24) is 15.1 Å². The molecule has 0 aliphatic carbocycles. The number of nitrogens with two attached hydrogens (primary N) is 1. The van der Waals surface area contributed by atoms with Crippen molar-refractivity contribution in [3.05, 3.63) is 47.3 Å². The number of hydrogen-bond donors (Lipinski definition) is 2. The van der Waals surface area contributed by atoms with E-state index in [9.17, 15) is 13.6 Å². The van der Waals surface area contributed by atoms with Crippen molar-refractivity contribution in [2.24, 2.45) is 5.73 Å². The smallest absolute Gasteiger partial charge is 0.271 e. The van der Waals surface area contributed by atoms with Crippen LogP contribution in [0.15, 0.2) is 24.4 Å². The predicted octanol–water partition coefficient (Wildman–Crippen LogP) is 0.969. The lowest BCUT2D eigenvalue weighted by Crippen LogP contribution is -2.18. The highest BCUT2D eigenvalue weighted by Gasteiger charge is 2.15. The summed E-state index contributed by atoms with van der Waals surface area (Å²) in [6.07, 6.45) is 1.31. The van der Waals surface area contributed by atoms with Gasteiger partial charge in [-0.2, -0.15) is 5.10 Å². The highest BCUT2D eigenvalue weighted by molar-refractivity contribution is 5.91. The summed E-state index contributed by atoms with van der Waals surface area (Å²) >= 11 is 0. The molecule has 7 heteroatoms.